The number of hydrogen-bond donors (Lipinski definition) is 1. The van der Waals surface area contributed by atoms with Crippen LogP contribution in [0.1, 0.15) is 17.5 Å². The minimum atomic E-state index is -0.442. The van der Waals surface area contributed by atoms with Crippen molar-refractivity contribution in [2.45, 2.75) is 20.3 Å². The molecule has 7 heteroatoms. The highest BCUT2D eigenvalue weighted by molar-refractivity contribution is 6.04. The summed E-state index contributed by atoms with van der Waals surface area (Å²) in [6.45, 7) is 4.24. The van der Waals surface area contributed by atoms with Crippen molar-refractivity contribution in [2.75, 3.05) is 38.1 Å². The molecule has 1 heterocycles. The number of nitrogens with one attached hydrogen (secondary N) is 1. The fourth-order valence-corrected chi connectivity index (χ4v) is 3.54. The van der Waals surface area contributed by atoms with Crippen LogP contribution in [0.4, 0.5) is 11.4 Å². The molecule has 29 heavy (non-hydrogen) atoms. The van der Waals surface area contributed by atoms with Crippen molar-refractivity contribution in [3.63, 3.8) is 0 Å². The number of methoxy groups -OCH3 is 3. The van der Waals surface area contributed by atoms with Crippen LogP contribution in [0.2, 0.25) is 0 Å². The Morgan fingerprint density at radius 2 is 1.69 bits per heavy atom. The molecule has 2 aromatic rings. The monoisotopic (exact) mass is 398 g/mol. The number of aryl methyl sites for hydroxylation is 2. The molecule has 7 nitrogen and oxygen atoms in total. The quantitative estimate of drug-likeness (QED) is 0.808. The molecule has 1 aliphatic heterocycles. The summed E-state index contributed by atoms with van der Waals surface area (Å²) in [5.74, 6) is 0.632. The average molecular weight is 398 g/mol. The van der Waals surface area contributed by atoms with Crippen LogP contribution in [0, 0.1) is 19.8 Å². The fraction of sp³-hybridized carbons (Fsp3) is 0.364. The lowest BCUT2D eigenvalue weighted by Crippen LogP contribution is -2.28. The molecular weight excluding hydrogens is 372 g/mol. The van der Waals surface area contributed by atoms with E-state index < -0.39 is 5.92 Å². The number of hydrogen-bond acceptors (Lipinski definition) is 5. The van der Waals surface area contributed by atoms with E-state index in [2.05, 4.69) is 5.32 Å². The third-order valence-corrected chi connectivity index (χ3v) is 5.10. The second-order valence-corrected chi connectivity index (χ2v) is 7.10. The zero-order valence-corrected chi connectivity index (χ0v) is 17.4. The van der Waals surface area contributed by atoms with Crippen molar-refractivity contribution in [2.24, 2.45) is 5.92 Å². The number of carbonyl (C=O) groups excluding carboxylic acids is 2. The van der Waals surface area contributed by atoms with Gasteiger partial charge in [-0.05, 0) is 25.5 Å². The number of anilines is 2. The third kappa shape index (κ3) is 4.13. The third-order valence-electron chi connectivity index (χ3n) is 5.10. The molecule has 0 bridgehead atoms. The van der Waals surface area contributed by atoms with Crippen LogP contribution >= 0.6 is 0 Å². The van der Waals surface area contributed by atoms with Gasteiger partial charge in [0.15, 0.2) is 11.5 Å². The first-order valence-electron chi connectivity index (χ1n) is 9.36. The van der Waals surface area contributed by atoms with Crippen LogP contribution in [0.15, 0.2) is 30.3 Å². The van der Waals surface area contributed by atoms with Gasteiger partial charge in [0.1, 0.15) is 0 Å². The Morgan fingerprint density at radius 1 is 1.03 bits per heavy atom. The Hall–Kier alpha value is -3.22. The summed E-state index contributed by atoms with van der Waals surface area (Å²) in [6.07, 6.45) is 0.146. The zero-order valence-electron chi connectivity index (χ0n) is 17.4. The van der Waals surface area contributed by atoms with Crippen LogP contribution in [0.3, 0.4) is 0 Å². The van der Waals surface area contributed by atoms with E-state index in [1.807, 2.05) is 32.0 Å². The SMILES string of the molecule is COc1cc(N2CC(C(=O)Nc3ccc(C)cc3C)CC2=O)cc(OC)c1OC. The van der Waals surface area contributed by atoms with Gasteiger partial charge in [-0.25, -0.2) is 0 Å². The zero-order chi connectivity index (χ0) is 21.1. The molecular formula is C22H26N2O5. The van der Waals surface area contributed by atoms with Crippen molar-refractivity contribution in [3.8, 4) is 17.2 Å². The maximum atomic E-state index is 12.8. The first-order chi connectivity index (χ1) is 13.9. The number of benzene rings is 2. The molecule has 1 atom stereocenters. The number of nitrogens with zero attached hydrogens (tertiary/aromatic N) is 1. The van der Waals surface area contributed by atoms with E-state index in [1.54, 1.807) is 17.0 Å². The van der Waals surface area contributed by atoms with Gasteiger partial charge >= 0.3 is 0 Å². The summed E-state index contributed by atoms with van der Waals surface area (Å²) in [5.41, 5.74) is 3.49. The lowest BCUT2D eigenvalue weighted by molar-refractivity contribution is -0.122. The molecule has 154 valence electrons. The second-order valence-electron chi connectivity index (χ2n) is 7.10. The van der Waals surface area contributed by atoms with Crippen molar-refractivity contribution < 1.29 is 23.8 Å². The van der Waals surface area contributed by atoms with Gasteiger partial charge in [-0.15, -0.1) is 0 Å². The van der Waals surface area contributed by atoms with E-state index in [1.165, 1.54) is 21.3 Å². The highest BCUT2D eigenvalue weighted by atomic mass is 16.5. The number of amides is 2. The minimum absolute atomic E-state index is 0.125. The molecule has 0 aromatic heterocycles. The Kier molecular flexibility index (Phi) is 5.96. The summed E-state index contributed by atoms with van der Waals surface area (Å²) < 4.78 is 16.1. The second kappa shape index (κ2) is 8.43. The summed E-state index contributed by atoms with van der Waals surface area (Å²) in [7, 11) is 4.56. The summed E-state index contributed by atoms with van der Waals surface area (Å²) in [6, 6.07) is 9.27. The van der Waals surface area contributed by atoms with E-state index in [-0.39, 0.29) is 24.8 Å². The minimum Gasteiger partial charge on any atom is -0.493 e. The summed E-state index contributed by atoms with van der Waals surface area (Å²) in [4.78, 5) is 27.0. The van der Waals surface area contributed by atoms with Crippen LogP contribution in [-0.4, -0.2) is 39.7 Å². The molecule has 0 saturated carbocycles. The normalized spacial score (nSPS) is 16.0. The van der Waals surface area contributed by atoms with Crippen molar-refractivity contribution in [1.29, 1.82) is 0 Å². The van der Waals surface area contributed by atoms with E-state index in [0.717, 1.165) is 16.8 Å². The van der Waals surface area contributed by atoms with Gasteiger partial charge in [-0.1, -0.05) is 17.7 Å². The maximum Gasteiger partial charge on any atom is 0.229 e. The van der Waals surface area contributed by atoms with Gasteiger partial charge in [0.2, 0.25) is 17.6 Å². The van der Waals surface area contributed by atoms with Crippen molar-refractivity contribution >= 4 is 23.2 Å². The highest BCUT2D eigenvalue weighted by Gasteiger charge is 2.36. The molecule has 0 spiro atoms. The van der Waals surface area contributed by atoms with Gasteiger partial charge in [0.05, 0.1) is 32.9 Å². The first kappa shape index (κ1) is 20.5. The first-order valence-corrected chi connectivity index (χ1v) is 9.36. The van der Waals surface area contributed by atoms with Crippen LogP contribution < -0.4 is 24.4 Å². The Morgan fingerprint density at radius 3 is 2.24 bits per heavy atom. The standard InChI is InChI=1S/C22H26N2O5/c1-13-6-7-17(14(2)8-13)23-22(26)15-9-20(25)24(12-15)16-10-18(27-3)21(29-5)19(11-16)28-4/h6-8,10-11,15H,9,12H2,1-5H3,(H,23,26). The van der Waals surface area contributed by atoms with Gasteiger partial charge in [0, 0.05) is 30.8 Å². The van der Waals surface area contributed by atoms with E-state index in [4.69, 9.17) is 14.2 Å². The van der Waals surface area contributed by atoms with E-state index >= 15 is 0 Å². The van der Waals surface area contributed by atoms with Crippen LogP contribution in [-0.2, 0) is 9.59 Å². The predicted octanol–water partition coefficient (Wildman–Crippen LogP) is 3.32. The van der Waals surface area contributed by atoms with E-state index in [0.29, 0.717) is 22.9 Å². The molecule has 0 radical (unpaired) electrons. The Labute approximate surface area is 170 Å². The number of ether oxygens (including phenoxy) is 3. The average Bonchev–Trinajstić information content (AvgIpc) is 3.10. The molecule has 2 amide bonds. The van der Waals surface area contributed by atoms with E-state index in [9.17, 15) is 9.59 Å². The number of rotatable bonds is 6. The van der Waals surface area contributed by atoms with Crippen molar-refractivity contribution in [3.05, 3.63) is 41.5 Å². The van der Waals surface area contributed by atoms with Crippen molar-refractivity contribution in [1.82, 2.24) is 0 Å². The topological polar surface area (TPSA) is 77.1 Å². The van der Waals surface area contributed by atoms with Gasteiger partial charge in [-0.2, -0.15) is 0 Å². The summed E-state index contributed by atoms with van der Waals surface area (Å²) >= 11 is 0. The molecule has 2 aromatic carbocycles. The lowest BCUT2D eigenvalue weighted by Gasteiger charge is -2.20. The highest BCUT2D eigenvalue weighted by Crippen LogP contribution is 2.42. The van der Waals surface area contributed by atoms with Gasteiger partial charge < -0.3 is 24.4 Å². The molecule has 1 unspecified atom stereocenters. The molecule has 1 N–H and O–H groups in total. The molecule has 1 aliphatic rings. The lowest BCUT2D eigenvalue weighted by atomic mass is 10.1. The Balaban J connectivity index is 1.80. The number of carbonyl (C=O) groups is 2. The molecule has 1 saturated heterocycles. The summed E-state index contributed by atoms with van der Waals surface area (Å²) in [5, 5.41) is 2.95. The maximum absolute atomic E-state index is 12.8. The largest absolute Gasteiger partial charge is 0.493 e. The fourth-order valence-electron chi connectivity index (χ4n) is 3.54. The predicted molar refractivity (Wildman–Crippen MR) is 111 cm³/mol. The Bertz CT molecular complexity index is 916. The van der Waals surface area contributed by atoms with Crippen LogP contribution in [0.5, 0.6) is 17.2 Å². The molecule has 3 rings (SSSR count). The van der Waals surface area contributed by atoms with Gasteiger partial charge in [0.25, 0.3) is 0 Å². The van der Waals surface area contributed by atoms with Gasteiger partial charge in [-0.3, -0.25) is 9.59 Å². The molecule has 1 fully saturated rings. The smallest absolute Gasteiger partial charge is 0.229 e. The molecule has 0 aliphatic carbocycles. The van der Waals surface area contributed by atoms with Crippen LogP contribution in [0.25, 0.3) is 0 Å².